The monoisotopic (exact) mass is 924 g/mol. The fourth-order valence-electron chi connectivity index (χ4n) is 10.0. The summed E-state index contributed by atoms with van der Waals surface area (Å²) in [6, 6.07) is 15.9. The summed E-state index contributed by atoms with van der Waals surface area (Å²) < 4.78 is 64.2. The van der Waals surface area contributed by atoms with Crippen molar-refractivity contribution in [3.63, 3.8) is 0 Å². The smallest absolute Gasteiger partial charge is 0.415 e. The molecule has 348 valence electrons. The second-order valence-electron chi connectivity index (χ2n) is 19.8. The van der Waals surface area contributed by atoms with Gasteiger partial charge in [0, 0.05) is 59.3 Å². The molecule has 2 aromatic rings. The fourth-order valence-corrected chi connectivity index (χ4v) is 11.1. The summed E-state index contributed by atoms with van der Waals surface area (Å²) in [6.45, 7) is 15.3. The van der Waals surface area contributed by atoms with Crippen molar-refractivity contribution < 1.29 is 35.5 Å². The quantitative estimate of drug-likeness (QED) is 0.0758. The maximum Gasteiger partial charge on any atom is 0.415 e. The summed E-state index contributed by atoms with van der Waals surface area (Å²) in [4.78, 5) is 18.9. The van der Waals surface area contributed by atoms with E-state index in [2.05, 4.69) is 73.6 Å². The Morgan fingerprint density at radius 1 is 0.908 bits per heavy atom. The number of hydrogen-bond donors (Lipinski definition) is 2. The normalized spacial score (nSPS) is 19.8. The van der Waals surface area contributed by atoms with Gasteiger partial charge in [0.15, 0.2) is 5.71 Å². The van der Waals surface area contributed by atoms with Gasteiger partial charge in [0.2, 0.25) is 5.69 Å². The number of fused-ring (bicyclic) bond motifs is 2. The number of anilines is 1. The number of unbranched alkanes of at least 4 members (excludes halogenated alkanes) is 2. The first kappa shape index (κ1) is 49.4. The van der Waals surface area contributed by atoms with Crippen LogP contribution in [0.4, 0.5) is 16.2 Å². The van der Waals surface area contributed by atoms with Crippen LogP contribution in [0.5, 0.6) is 0 Å². The highest BCUT2D eigenvalue weighted by Crippen LogP contribution is 2.49. The lowest BCUT2D eigenvalue weighted by atomic mass is 9.80. The van der Waals surface area contributed by atoms with E-state index in [9.17, 15) is 36.7 Å². The number of carbonyl (C=O) groups excluding carboxylic acids is 1. The Morgan fingerprint density at radius 2 is 1.58 bits per heavy atom. The van der Waals surface area contributed by atoms with Crippen LogP contribution < -0.4 is 4.90 Å². The first-order chi connectivity index (χ1) is 30.7. The van der Waals surface area contributed by atoms with E-state index in [1.165, 1.54) is 0 Å². The molecule has 1 amide bonds. The van der Waals surface area contributed by atoms with Crippen LogP contribution in [0.3, 0.4) is 0 Å². The van der Waals surface area contributed by atoms with Gasteiger partial charge in [-0.1, -0.05) is 45.3 Å². The molecule has 2 aromatic carbocycles. The van der Waals surface area contributed by atoms with E-state index in [-0.39, 0.29) is 30.1 Å². The average molecular weight is 925 g/mol. The third kappa shape index (κ3) is 11.5. The minimum absolute atomic E-state index is 0.0738. The lowest BCUT2D eigenvalue weighted by Crippen LogP contribution is -2.45. The molecule has 0 radical (unpaired) electrons. The Labute approximate surface area is 388 Å². The molecular formula is C51H66N5O7S2+. The molecule has 0 aromatic heterocycles. The second kappa shape index (κ2) is 20.2. The number of ether oxygens (including phenoxy) is 1. The maximum absolute atomic E-state index is 14.7. The molecule has 2 aliphatic heterocycles. The molecule has 1 N–H and O–H groups in total. The molecule has 2 heterocycles. The van der Waals surface area contributed by atoms with Gasteiger partial charge in [0.25, 0.3) is 10.1 Å². The Bertz CT molecular complexity index is 2600. The molecule has 1 saturated carbocycles. The number of allylic oxidation sites excluding steroid dienone is 7. The molecule has 12 nitrogen and oxygen atoms in total. The first-order valence-corrected chi connectivity index (χ1v) is 26.1. The van der Waals surface area contributed by atoms with Crippen LogP contribution in [0.2, 0.25) is 0 Å². The Balaban J connectivity index is 1.53. The maximum atomic E-state index is 14.7. The topological polar surface area (TPSA) is 172 Å². The zero-order chi connectivity index (χ0) is 47.3. The minimum atomic E-state index is -4.11. The molecule has 14 heteroatoms. The predicted octanol–water partition coefficient (Wildman–Crippen LogP) is 10.0. The molecule has 1 fully saturated rings. The van der Waals surface area contributed by atoms with Crippen LogP contribution >= 0.6 is 0 Å². The number of hydrogen-bond acceptors (Lipinski definition) is 9. The third-order valence-electron chi connectivity index (χ3n) is 13.2. The molecule has 6 rings (SSSR count). The van der Waals surface area contributed by atoms with Gasteiger partial charge >= 0.3 is 6.09 Å². The van der Waals surface area contributed by atoms with Crippen LogP contribution in [0.25, 0.3) is 0 Å². The zero-order valence-corrected chi connectivity index (χ0v) is 40.9. The summed E-state index contributed by atoms with van der Waals surface area (Å²) in [5.74, 6) is -0.207. The zero-order valence-electron chi connectivity index (χ0n) is 39.2. The number of benzene rings is 2. The van der Waals surface area contributed by atoms with Crippen molar-refractivity contribution in [2.75, 3.05) is 29.5 Å². The molecule has 0 unspecified atom stereocenters. The molecule has 2 aliphatic carbocycles. The molecule has 0 spiro atoms. The van der Waals surface area contributed by atoms with Crippen molar-refractivity contribution in [1.82, 2.24) is 4.90 Å². The first-order valence-electron chi connectivity index (χ1n) is 23.1. The number of nitriles is 2. The van der Waals surface area contributed by atoms with Gasteiger partial charge in [-0.05, 0) is 139 Å². The number of carbonyl (C=O) groups is 1. The van der Waals surface area contributed by atoms with Crippen molar-refractivity contribution in [3.8, 4) is 12.1 Å². The van der Waals surface area contributed by atoms with E-state index in [0.717, 1.165) is 95.7 Å². The largest absolute Gasteiger partial charge is 0.443 e. The van der Waals surface area contributed by atoms with Crippen molar-refractivity contribution in [1.29, 1.82) is 10.5 Å². The van der Waals surface area contributed by atoms with E-state index in [4.69, 9.17) is 4.74 Å². The van der Waals surface area contributed by atoms with Crippen LogP contribution in [-0.4, -0.2) is 78.9 Å². The van der Waals surface area contributed by atoms with Crippen LogP contribution in [0.1, 0.15) is 148 Å². The number of rotatable bonds is 15. The SMILES string of the molecule is CC(C)(C)OC(=O)N(C1=C(/C=C/C2=[N+](CCCC[SH](=O)=O)c3ccc(C#N)cc3C2(C)C)CCC/C1=C\C=C1\N(CCCCS(=O)(=O)O)c2ccc(C#N)cc2C1(C)C)C1CCCCC1. The lowest BCUT2D eigenvalue weighted by Gasteiger charge is -2.40. The molecular weight excluding hydrogens is 859 g/mol. The van der Waals surface area contributed by atoms with Crippen LogP contribution in [0, 0.1) is 22.7 Å². The van der Waals surface area contributed by atoms with Crippen LogP contribution in [0.15, 0.2) is 83.2 Å². The number of thiol groups is 1. The molecule has 0 bridgehead atoms. The van der Waals surface area contributed by atoms with Gasteiger partial charge in [0.1, 0.15) is 22.8 Å². The Kier molecular flexibility index (Phi) is 15.4. The van der Waals surface area contributed by atoms with Crippen molar-refractivity contribution in [2.45, 2.75) is 148 Å². The number of nitrogens with zero attached hydrogens (tertiary/aromatic N) is 5. The van der Waals surface area contributed by atoms with E-state index >= 15 is 0 Å². The van der Waals surface area contributed by atoms with E-state index < -0.39 is 37.3 Å². The molecule has 0 saturated heterocycles. The van der Waals surface area contributed by atoms with Gasteiger partial charge < -0.3 is 9.64 Å². The van der Waals surface area contributed by atoms with Gasteiger partial charge in [0.05, 0.1) is 40.1 Å². The standard InChI is InChI=1S/C51H65N5O7S2/c1-49(2,3)63-48(57)56(40-18-9-8-10-19-40)47-38(22-26-45-50(4,5)41-32-36(34-52)20-24-43(41)54(45)28-11-13-30-64(58)59)16-15-17-39(47)23-27-46-51(6,7)42-33-37(35-53)21-25-44(42)55(46)29-12-14-31-65(60,61)62/h20-27,32-33,40,64H,8-19,28-31H2,1-7H3/p+1. The highest BCUT2D eigenvalue weighted by molar-refractivity contribution is 7.85. The highest BCUT2D eigenvalue weighted by Gasteiger charge is 2.45. The van der Waals surface area contributed by atoms with E-state index in [1.54, 1.807) is 6.07 Å². The second-order valence-corrected chi connectivity index (χ2v) is 22.5. The highest BCUT2D eigenvalue weighted by atomic mass is 32.2. The predicted molar refractivity (Wildman–Crippen MR) is 257 cm³/mol. The summed E-state index contributed by atoms with van der Waals surface area (Å²) in [5, 5.41) is 19.7. The average Bonchev–Trinajstić information content (AvgIpc) is 3.58. The molecule has 0 atom stereocenters. The summed E-state index contributed by atoms with van der Waals surface area (Å²) >= 11 is 0. The third-order valence-corrected chi connectivity index (χ3v) is 14.7. The molecule has 4 aliphatic rings. The minimum Gasteiger partial charge on any atom is -0.443 e. The summed E-state index contributed by atoms with van der Waals surface area (Å²) in [5.41, 5.74) is 8.15. The van der Waals surface area contributed by atoms with Gasteiger partial charge in [-0.2, -0.15) is 23.5 Å². The van der Waals surface area contributed by atoms with E-state index in [0.29, 0.717) is 49.9 Å². The van der Waals surface area contributed by atoms with Gasteiger partial charge in [-0.15, -0.1) is 0 Å². The van der Waals surface area contributed by atoms with Crippen molar-refractivity contribution in [3.05, 3.63) is 105 Å². The van der Waals surface area contributed by atoms with E-state index in [1.807, 2.05) is 56.0 Å². The molecule has 65 heavy (non-hydrogen) atoms. The van der Waals surface area contributed by atoms with Gasteiger partial charge in [-0.3, -0.25) is 9.45 Å². The van der Waals surface area contributed by atoms with Crippen molar-refractivity contribution in [2.24, 2.45) is 0 Å². The lowest BCUT2D eigenvalue weighted by molar-refractivity contribution is -0.438. The van der Waals surface area contributed by atoms with Crippen molar-refractivity contribution >= 4 is 44.0 Å². The summed E-state index contributed by atoms with van der Waals surface area (Å²) in [6.07, 6.45) is 17.2. The number of amides is 1. The van der Waals surface area contributed by atoms with Gasteiger partial charge in [-0.25, -0.2) is 13.2 Å². The van der Waals surface area contributed by atoms with Crippen LogP contribution in [-0.2, 0) is 36.4 Å². The fraction of sp³-hybridized carbons (Fsp3) is 0.529. The summed E-state index contributed by atoms with van der Waals surface area (Å²) in [7, 11) is -6.59. The Hall–Kier alpha value is -5.02. The Morgan fingerprint density at radius 3 is 2.23 bits per heavy atom.